The lowest BCUT2D eigenvalue weighted by atomic mass is 10.1. The molecule has 5 nitrogen and oxygen atoms in total. The Morgan fingerprint density at radius 1 is 1.15 bits per heavy atom. The van der Waals surface area contributed by atoms with E-state index in [1.54, 1.807) is 0 Å². The third-order valence-electron chi connectivity index (χ3n) is 2.85. The van der Waals surface area contributed by atoms with Gasteiger partial charge in [0.05, 0.1) is 5.39 Å². The Hall–Kier alpha value is -2.18. The molecular formula is C14H13N3O2S. The molecule has 0 spiro atoms. The molecule has 2 aromatic heterocycles. The number of hydrogen-bond acceptors (Lipinski definition) is 6. The van der Waals surface area contributed by atoms with E-state index in [-0.39, 0.29) is 12.6 Å². The molecule has 0 unspecified atom stereocenters. The van der Waals surface area contributed by atoms with Crippen LogP contribution in [0.2, 0.25) is 0 Å². The number of rotatable bonds is 4. The normalized spacial score (nSPS) is 10.8. The molecule has 0 aliphatic heterocycles. The van der Waals surface area contributed by atoms with Gasteiger partial charge < -0.3 is 15.6 Å². The number of aromatic nitrogens is 2. The minimum Gasteiger partial charge on any atom is -0.438 e. The number of nitrogens with zero attached hydrogens (tertiary/aromatic N) is 2. The summed E-state index contributed by atoms with van der Waals surface area (Å²) in [5.74, 6) is 1.34. The van der Waals surface area contributed by atoms with Gasteiger partial charge in [0.1, 0.15) is 10.6 Å². The van der Waals surface area contributed by atoms with E-state index in [4.69, 9.17) is 15.6 Å². The zero-order valence-electron chi connectivity index (χ0n) is 10.6. The average molecular weight is 287 g/mol. The van der Waals surface area contributed by atoms with Crippen LogP contribution in [0.3, 0.4) is 0 Å². The molecular weight excluding hydrogens is 274 g/mol. The van der Waals surface area contributed by atoms with E-state index in [9.17, 15) is 0 Å². The molecule has 3 N–H and O–H groups in total. The number of benzene rings is 1. The summed E-state index contributed by atoms with van der Waals surface area (Å²) in [5, 5.41) is 11.7. The van der Waals surface area contributed by atoms with Crippen LogP contribution in [0.4, 0.5) is 5.95 Å². The van der Waals surface area contributed by atoms with Crippen molar-refractivity contribution in [3.63, 3.8) is 0 Å². The molecule has 0 aliphatic carbocycles. The number of nitrogens with two attached hydrogens (primary N) is 1. The molecule has 0 saturated carbocycles. The van der Waals surface area contributed by atoms with E-state index >= 15 is 0 Å². The summed E-state index contributed by atoms with van der Waals surface area (Å²) >= 11 is 1.50. The van der Waals surface area contributed by atoms with Crippen molar-refractivity contribution < 1.29 is 9.84 Å². The van der Waals surface area contributed by atoms with Crippen LogP contribution in [0.15, 0.2) is 35.7 Å². The summed E-state index contributed by atoms with van der Waals surface area (Å²) < 4.78 is 5.78. The van der Waals surface area contributed by atoms with Crippen molar-refractivity contribution in [1.82, 2.24) is 9.97 Å². The summed E-state index contributed by atoms with van der Waals surface area (Å²) in [4.78, 5) is 9.10. The molecule has 20 heavy (non-hydrogen) atoms. The maximum Gasteiger partial charge on any atom is 0.232 e. The van der Waals surface area contributed by atoms with E-state index in [2.05, 4.69) is 9.97 Å². The van der Waals surface area contributed by atoms with Crippen LogP contribution >= 0.6 is 11.3 Å². The first kappa shape index (κ1) is 12.8. The average Bonchev–Trinajstić information content (AvgIpc) is 2.89. The molecule has 1 aromatic carbocycles. The Morgan fingerprint density at radius 2 is 1.95 bits per heavy atom. The quantitative estimate of drug-likeness (QED) is 0.771. The van der Waals surface area contributed by atoms with Gasteiger partial charge in [0.2, 0.25) is 11.8 Å². The van der Waals surface area contributed by atoms with Gasteiger partial charge in [-0.05, 0) is 35.6 Å². The number of fused-ring (bicyclic) bond motifs is 1. The fraction of sp³-hybridized carbons (Fsp3) is 0.143. The van der Waals surface area contributed by atoms with Crippen molar-refractivity contribution in [3.8, 4) is 11.6 Å². The summed E-state index contributed by atoms with van der Waals surface area (Å²) in [6, 6.07) is 9.44. The predicted molar refractivity (Wildman–Crippen MR) is 79.1 cm³/mol. The number of nitrogen functional groups attached to an aromatic ring is 1. The van der Waals surface area contributed by atoms with Crippen LogP contribution < -0.4 is 10.5 Å². The van der Waals surface area contributed by atoms with Gasteiger partial charge in [-0.3, -0.25) is 0 Å². The topological polar surface area (TPSA) is 81.3 Å². The molecule has 0 fully saturated rings. The highest BCUT2D eigenvalue weighted by Gasteiger charge is 2.09. The second-order valence-corrected chi connectivity index (χ2v) is 5.14. The number of anilines is 1. The largest absolute Gasteiger partial charge is 0.438 e. The first-order chi connectivity index (χ1) is 9.76. The van der Waals surface area contributed by atoms with Gasteiger partial charge in [0.15, 0.2) is 0 Å². The number of ether oxygens (including phenoxy) is 1. The maximum atomic E-state index is 8.89. The SMILES string of the molecule is Nc1nc(Oc2ccc(CCO)cc2)c2ccsc2n1. The van der Waals surface area contributed by atoms with Crippen LogP contribution in [-0.2, 0) is 6.42 Å². The Bertz CT molecular complexity index is 725. The van der Waals surface area contributed by atoms with E-state index in [0.717, 1.165) is 15.8 Å². The van der Waals surface area contributed by atoms with Crippen molar-refractivity contribution in [2.45, 2.75) is 6.42 Å². The fourth-order valence-electron chi connectivity index (χ4n) is 1.89. The van der Waals surface area contributed by atoms with Crippen LogP contribution in [0.5, 0.6) is 11.6 Å². The summed E-state index contributed by atoms with van der Waals surface area (Å²) in [5.41, 5.74) is 6.74. The molecule has 2 heterocycles. The van der Waals surface area contributed by atoms with Gasteiger partial charge >= 0.3 is 0 Å². The third-order valence-corrected chi connectivity index (χ3v) is 3.65. The van der Waals surface area contributed by atoms with Crippen LogP contribution in [0.25, 0.3) is 10.2 Å². The number of aliphatic hydroxyl groups is 1. The minimum absolute atomic E-state index is 0.137. The molecule has 0 saturated heterocycles. The number of hydrogen-bond donors (Lipinski definition) is 2. The molecule has 0 amide bonds. The van der Waals surface area contributed by atoms with Crippen molar-refractivity contribution in [1.29, 1.82) is 0 Å². The molecule has 102 valence electrons. The van der Waals surface area contributed by atoms with Crippen LogP contribution in [0, 0.1) is 0 Å². The van der Waals surface area contributed by atoms with Gasteiger partial charge in [-0.2, -0.15) is 4.98 Å². The van der Waals surface area contributed by atoms with E-state index in [0.29, 0.717) is 18.1 Å². The summed E-state index contributed by atoms with van der Waals surface area (Å²) in [6.45, 7) is 0.137. The first-order valence-electron chi connectivity index (χ1n) is 6.14. The molecule has 0 bridgehead atoms. The first-order valence-corrected chi connectivity index (χ1v) is 7.02. The van der Waals surface area contributed by atoms with E-state index in [1.807, 2.05) is 35.7 Å². The van der Waals surface area contributed by atoms with Crippen molar-refractivity contribution in [2.24, 2.45) is 0 Å². The zero-order valence-corrected chi connectivity index (χ0v) is 11.4. The van der Waals surface area contributed by atoms with E-state index in [1.165, 1.54) is 11.3 Å². The monoisotopic (exact) mass is 287 g/mol. The Kier molecular flexibility index (Phi) is 3.49. The third kappa shape index (κ3) is 2.56. The van der Waals surface area contributed by atoms with Gasteiger partial charge in [-0.25, -0.2) is 4.98 Å². The number of thiophene rings is 1. The summed E-state index contributed by atoms with van der Waals surface area (Å²) in [6.07, 6.45) is 0.634. The highest BCUT2D eigenvalue weighted by Crippen LogP contribution is 2.30. The lowest BCUT2D eigenvalue weighted by molar-refractivity contribution is 0.299. The Balaban J connectivity index is 1.90. The van der Waals surface area contributed by atoms with Crippen molar-refractivity contribution >= 4 is 27.5 Å². The Labute approximate surface area is 119 Å². The van der Waals surface area contributed by atoms with E-state index < -0.39 is 0 Å². The minimum atomic E-state index is 0.137. The highest BCUT2D eigenvalue weighted by atomic mass is 32.1. The summed E-state index contributed by atoms with van der Waals surface area (Å²) in [7, 11) is 0. The molecule has 3 aromatic rings. The zero-order chi connectivity index (χ0) is 13.9. The van der Waals surface area contributed by atoms with Crippen LogP contribution in [-0.4, -0.2) is 21.7 Å². The smallest absolute Gasteiger partial charge is 0.232 e. The maximum absolute atomic E-state index is 8.89. The van der Waals surface area contributed by atoms with Crippen molar-refractivity contribution in [2.75, 3.05) is 12.3 Å². The van der Waals surface area contributed by atoms with Gasteiger partial charge in [0, 0.05) is 6.61 Å². The van der Waals surface area contributed by atoms with Gasteiger partial charge in [0.25, 0.3) is 0 Å². The second kappa shape index (κ2) is 5.44. The fourth-order valence-corrected chi connectivity index (χ4v) is 2.65. The lowest BCUT2D eigenvalue weighted by Gasteiger charge is -2.07. The highest BCUT2D eigenvalue weighted by molar-refractivity contribution is 7.16. The lowest BCUT2D eigenvalue weighted by Crippen LogP contribution is -1.97. The van der Waals surface area contributed by atoms with Gasteiger partial charge in [-0.15, -0.1) is 11.3 Å². The molecule has 6 heteroatoms. The molecule has 0 atom stereocenters. The van der Waals surface area contributed by atoms with Crippen LogP contribution in [0.1, 0.15) is 5.56 Å². The molecule has 0 radical (unpaired) electrons. The Morgan fingerprint density at radius 3 is 2.70 bits per heavy atom. The van der Waals surface area contributed by atoms with Gasteiger partial charge in [-0.1, -0.05) is 12.1 Å². The predicted octanol–water partition coefficient (Wildman–Crippen LogP) is 2.60. The van der Waals surface area contributed by atoms with Crippen molar-refractivity contribution in [3.05, 3.63) is 41.3 Å². The molecule has 3 rings (SSSR count). The molecule has 0 aliphatic rings. The second-order valence-electron chi connectivity index (χ2n) is 4.25. The number of aliphatic hydroxyl groups excluding tert-OH is 1. The standard InChI is InChI=1S/C14H13N3O2S/c15-14-16-12(11-6-8-20-13(11)17-14)19-10-3-1-9(2-4-10)5-7-18/h1-4,6,8,18H,5,7H2,(H2,15,16,17).